The van der Waals surface area contributed by atoms with Crippen molar-refractivity contribution in [2.75, 3.05) is 33.3 Å². The fraction of sp³-hybridized carbons (Fsp3) is 0.524. The van der Waals surface area contributed by atoms with Gasteiger partial charge in [0.1, 0.15) is 17.8 Å². The van der Waals surface area contributed by atoms with E-state index in [4.69, 9.17) is 4.74 Å². The lowest BCUT2D eigenvalue weighted by atomic mass is 9.93. The van der Waals surface area contributed by atoms with Crippen molar-refractivity contribution in [1.82, 2.24) is 20.4 Å². The van der Waals surface area contributed by atoms with Crippen LogP contribution in [0.25, 0.3) is 0 Å². The highest BCUT2D eigenvalue weighted by Crippen LogP contribution is 2.24. The summed E-state index contributed by atoms with van der Waals surface area (Å²) in [7, 11) is 1.59. The Morgan fingerprint density at radius 3 is 2.43 bits per heavy atom. The molecule has 1 aromatic carbocycles. The molecule has 0 spiro atoms. The molecule has 5 amide bonds. The predicted molar refractivity (Wildman–Crippen MR) is 111 cm³/mol. The van der Waals surface area contributed by atoms with Gasteiger partial charge < -0.3 is 20.3 Å². The van der Waals surface area contributed by atoms with Crippen LogP contribution in [0.2, 0.25) is 0 Å². The largest absolute Gasteiger partial charge is 0.497 e. The summed E-state index contributed by atoms with van der Waals surface area (Å²) in [5.41, 5.74) is -0.0822. The van der Waals surface area contributed by atoms with Crippen molar-refractivity contribution in [2.45, 2.75) is 39.2 Å². The number of ether oxygens (including phenoxy) is 1. The molecule has 30 heavy (non-hydrogen) atoms. The third kappa shape index (κ3) is 5.49. The topological polar surface area (TPSA) is 108 Å². The Morgan fingerprint density at radius 2 is 1.87 bits per heavy atom. The Morgan fingerprint density at radius 1 is 1.20 bits per heavy atom. The molecule has 1 atom stereocenters. The van der Waals surface area contributed by atoms with E-state index in [1.54, 1.807) is 27.9 Å². The maximum Gasteiger partial charge on any atom is 0.325 e. The van der Waals surface area contributed by atoms with Crippen molar-refractivity contribution in [1.29, 1.82) is 0 Å². The summed E-state index contributed by atoms with van der Waals surface area (Å²) in [4.78, 5) is 51.9. The molecule has 1 saturated heterocycles. The van der Waals surface area contributed by atoms with Crippen LogP contribution in [0.1, 0.15) is 32.8 Å². The van der Waals surface area contributed by atoms with Gasteiger partial charge in [0.2, 0.25) is 11.8 Å². The molecule has 0 aliphatic carbocycles. The molecule has 9 heteroatoms. The van der Waals surface area contributed by atoms with E-state index in [0.29, 0.717) is 25.9 Å². The molecule has 1 aromatic rings. The van der Waals surface area contributed by atoms with Crippen molar-refractivity contribution < 1.29 is 23.9 Å². The second kappa shape index (κ2) is 10.1. The number of likely N-dealkylation sites (N-methyl/N-ethyl adjacent to an activating group) is 2. The minimum Gasteiger partial charge on any atom is -0.497 e. The molecule has 1 aliphatic heterocycles. The molecule has 1 aliphatic rings. The van der Waals surface area contributed by atoms with Gasteiger partial charge in [-0.25, -0.2) is 4.79 Å². The minimum absolute atomic E-state index is 0.110. The summed E-state index contributed by atoms with van der Waals surface area (Å²) < 4.78 is 5.14. The van der Waals surface area contributed by atoms with Crippen LogP contribution >= 0.6 is 0 Å². The Bertz CT molecular complexity index is 795. The lowest BCUT2D eigenvalue weighted by molar-refractivity contribution is -0.140. The molecule has 2 N–H and O–H groups in total. The van der Waals surface area contributed by atoms with Crippen LogP contribution in [0, 0.1) is 0 Å². The molecule has 0 aromatic heterocycles. The first-order valence-corrected chi connectivity index (χ1v) is 10.1. The second-order valence-corrected chi connectivity index (χ2v) is 7.36. The summed E-state index contributed by atoms with van der Waals surface area (Å²) in [5.74, 6) is -0.433. The number of carbonyl (C=O) groups excluding carboxylic acids is 4. The summed E-state index contributed by atoms with van der Waals surface area (Å²) in [5, 5.41) is 5.34. The molecular weight excluding hydrogens is 388 g/mol. The van der Waals surface area contributed by atoms with E-state index in [9.17, 15) is 19.2 Å². The Hall–Kier alpha value is -3.10. The maximum atomic E-state index is 12.9. The highest BCUT2D eigenvalue weighted by atomic mass is 16.5. The number of urea groups is 1. The van der Waals surface area contributed by atoms with Crippen LogP contribution in [-0.4, -0.2) is 72.4 Å². The molecule has 0 unspecified atom stereocenters. The number of imide groups is 1. The zero-order valence-corrected chi connectivity index (χ0v) is 18.0. The molecule has 9 nitrogen and oxygen atoms in total. The van der Waals surface area contributed by atoms with Gasteiger partial charge in [-0.05, 0) is 51.3 Å². The first kappa shape index (κ1) is 23.2. The van der Waals surface area contributed by atoms with Crippen molar-refractivity contribution in [3.63, 3.8) is 0 Å². The van der Waals surface area contributed by atoms with Crippen LogP contribution < -0.4 is 15.4 Å². The Labute approximate surface area is 176 Å². The van der Waals surface area contributed by atoms with Gasteiger partial charge in [0.25, 0.3) is 5.91 Å². The van der Waals surface area contributed by atoms with Crippen molar-refractivity contribution in [2.24, 2.45) is 0 Å². The summed E-state index contributed by atoms with van der Waals surface area (Å²) >= 11 is 0. The van der Waals surface area contributed by atoms with E-state index in [0.717, 1.165) is 16.2 Å². The van der Waals surface area contributed by atoms with Gasteiger partial charge in [-0.3, -0.25) is 19.3 Å². The molecule has 0 saturated carbocycles. The van der Waals surface area contributed by atoms with Gasteiger partial charge in [0, 0.05) is 13.1 Å². The number of aryl methyl sites for hydroxylation is 1. The van der Waals surface area contributed by atoms with E-state index in [-0.39, 0.29) is 12.5 Å². The van der Waals surface area contributed by atoms with Crippen LogP contribution in [0.4, 0.5) is 4.79 Å². The zero-order valence-electron chi connectivity index (χ0n) is 18.0. The van der Waals surface area contributed by atoms with Gasteiger partial charge >= 0.3 is 6.03 Å². The highest BCUT2D eigenvalue weighted by Gasteiger charge is 2.48. The number of rotatable bonds is 10. The molecular formula is C21H30N4O5. The number of hydrogen-bond donors (Lipinski definition) is 2. The van der Waals surface area contributed by atoms with Crippen LogP contribution in [0.3, 0.4) is 0 Å². The Balaban J connectivity index is 1.99. The number of methoxy groups -OCH3 is 1. The Kier molecular flexibility index (Phi) is 7.79. The van der Waals surface area contributed by atoms with E-state index in [1.165, 1.54) is 4.90 Å². The van der Waals surface area contributed by atoms with Gasteiger partial charge in [0.05, 0.1) is 13.7 Å². The van der Waals surface area contributed by atoms with Gasteiger partial charge in [-0.2, -0.15) is 0 Å². The number of carbonyl (C=O) groups is 4. The monoisotopic (exact) mass is 418 g/mol. The highest BCUT2D eigenvalue weighted by molar-refractivity contribution is 6.08. The molecule has 1 fully saturated rings. The third-order valence-corrected chi connectivity index (χ3v) is 5.15. The van der Waals surface area contributed by atoms with Crippen LogP contribution in [-0.2, 0) is 20.8 Å². The summed E-state index contributed by atoms with van der Waals surface area (Å²) in [6, 6.07) is 6.90. The number of benzene rings is 1. The normalized spacial score (nSPS) is 18.2. The zero-order chi connectivity index (χ0) is 22.3. The van der Waals surface area contributed by atoms with E-state index >= 15 is 0 Å². The fourth-order valence-corrected chi connectivity index (χ4v) is 3.28. The second-order valence-electron chi connectivity index (χ2n) is 7.36. The summed E-state index contributed by atoms with van der Waals surface area (Å²) in [6.45, 7) is 5.45. The smallest absolute Gasteiger partial charge is 0.325 e. The molecule has 164 valence electrons. The van der Waals surface area contributed by atoms with Gasteiger partial charge in [-0.1, -0.05) is 12.1 Å². The average molecular weight is 418 g/mol. The van der Waals surface area contributed by atoms with Crippen LogP contribution in [0.5, 0.6) is 5.75 Å². The lowest BCUT2D eigenvalue weighted by Gasteiger charge is -2.24. The number of amides is 5. The molecule has 2 rings (SSSR count). The van der Waals surface area contributed by atoms with Gasteiger partial charge in [0.15, 0.2) is 0 Å². The van der Waals surface area contributed by atoms with E-state index in [1.807, 2.05) is 24.3 Å². The molecule has 1 heterocycles. The van der Waals surface area contributed by atoms with E-state index < -0.39 is 29.9 Å². The fourth-order valence-electron chi connectivity index (χ4n) is 3.28. The molecule has 0 radical (unpaired) electrons. The van der Waals surface area contributed by atoms with Crippen LogP contribution in [0.15, 0.2) is 24.3 Å². The van der Waals surface area contributed by atoms with Crippen molar-refractivity contribution in [3.8, 4) is 5.75 Å². The predicted octanol–water partition coefficient (Wildman–Crippen LogP) is 0.923. The van der Waals surface area contributed by atoms with E-state index in [2.05, 4.69) is 10.6 Å². The van der Waals surface area contributed by atoms with Gasteiger partial charge in [-0.15, -0.1) is 0 Å². The lowest BCUT2D eigenvalue weighted by Crippen LogP contribution is -2.47. The first-order valence-electron chi connectivity index (χ1n) is 10.1. The van der Waals surface area contributed by atoms with Crippen molar-refractivity contribution >= 4 is 23.8 Å². The third-order valence-electron chi connectivity index (χ3n) is 5.15. The standard InChI is InChI=1S/C21H30N4O5/c1-5-22-17(26)13-24(6-2)18(27)14-25-19(28)21(3,23-20(25)29)12-11-15-7-9-16(30-4)10-8-15/h7-10H,5-6,11-14H2,1-4H3,(H,22,26)(H,23,29)/t21-/m0/s1. The quantitative estimate of drug-likeness (QED) is 0.550. The SMILES string of the molecule is CCNC(=O)CN(CC)C(=O)CN1C(=O)N[C@@](C)(CCc2ccc(OC)cc2)C1=O. The summed E-state index contributed by atoms with van der Waals surface area (Å²) in [6.07, 6.45) is 0.970. The molecule has 0 bridgehead atoms. The number of nitrogens with zero attached hydrogens (tertiary/aromatic N) is 2. The van der Waals surface area contributed by atoms with Crippen molar-refractivity contribution in [3.05, 3.63) is 29.8 Å². The number of nitrogens with one attached hydrogen (secondary N) is 2. The maximum absolute atomic E-state index is 12.9. The minimum atomic E-state index is -1.09. The number of hydrogen-bond acceptors (Lipinski definition) is 5. The first-order chi connectivity index (χ1) is 14.2. The average Bonchev–Trinajstić information content (AvgIpc) is 2.94.